The quantitative estimate of drug-likeness (QED) is 0.694. The van der Waals surface area contributed by atoms with E-state index in [0.717, 1.165) is 39.1 Å². The van der Waals surface area contributed by atoms with Gasteiger partial charge >= 0.3 is 5.97 Å². The molecule has 0 aromatic rings. The molecule has 1 atom stereocenters. The van der Waals surface area contributed by atoms with Crippen LogP contribution in [0.4, 0.5) is 0 Å². The van der Waals surface area contributed by atoms with Crippen LogP contribution in [0, 0.1) is 0 Å². The van der Waals surface area contributed by atoms with Gasteiger partial charge in [0, 0.05) is 38.8 Å². The van der Waals surface area contributed by atoms with E-state index >= 15 is 0 Å². The lowest BCUT2D eigenvalue weighted by molar-refractivity contribution is -0.140. The van der Waals surface area contributed by atoms with Crippen LogP contribution in [-0.4, -0.2) is 72.2 Å². The van der Waals surface area contributed by atoms with E-state index in [1.54, 1.807) is 0 Å². The molecule has 0 radical (unpaired) electrons. The lowest BCUT2D eigenvalue weighted by Gasteiger charge is -2.37. The third-order valence-corrected chi connectivity index (χ3v) is 3.52. The molecule has 2 N–H and O–H groups in total. The van der Waals surface area contributed by atoms with Gasteiger partial charge in [-0.25, -0.2) is 0 Å². The molecule has 0 bridgehead atoms. The summed E-state index contributed by atoms with van der Waals surface area (Å²) in [7, 11) is 0. The Balaban J connectivity index is 2.35. The maximum atomic E-state index is 11.2. The van der Waals surface area contributed by atoms with Crippen LogP contribution < -0.4 is 5.32 Å². The van der Waals surface area contributed by atoms with Gasteiger partial charge < -0.3 is 10.4 Å². The summed E-state index contributed by atoms with van der Waals surface area (Å²) < 4.78 is 0. The normalized spacial score (nSPS) is 20.2. The number of carboxylic acids is 1. The highest BCUT2D eigenvalue weighted by Gasteiger charge is 2.24. The number of nitrogens with one attached hydrogen (secondary N) is 1. The van der Waals surface area contributed by atoms with Crippen LogP contribution in [0.5, 0.6) is 0 Å². The molecule has 0 aliphatic carbocycles. The second kappa shape index (κ2) is 7.71. The molecule has 1 aliphatic rings. The van der Waals surface area contributed by atoms with Crippen molar-refractivity contribution in [1.29, 1.82) is 0 Å². The Kier molecular flexibility index (Phi) is 6.60. The van der Waals surface area contributed by atoms with Crippen LogP contribution in [0.15, 0.2) is 0 Å². The van der Waals surface area contributed by atoms with Crippen molar-refractivity contribution < 1.29 is 9.90 Å². The minimum atomic E-state index is -0.741. The van der Waals surface area contributed by atoms with Crippen molar-refractivity contribution in [3.05, 3.63) is 0 Å². The van der Waals surface area contributed by atoms with Crippen LogP contribution in [0.3, 0.4) is 0 Å². The Morgan fingerprint density at radius 1 is 1.28 bits per heavy atom. The van der Waals surface area contributed by atoms with Crippen LogP contribution in [-0.2, 0) is 4.79 Å². The molecule has 1 heterocycles. The summed E-state index contributed by atoms with van der Waals surface area (Å²) in [6.45, 7) is 11.9. The van der Waals surface area contributed by atoms with Gasteiger partial charge in [0.15, 0.2) is 0 Å². The summed E-state index contributed by atoms with van der Waals surface area (Å²) in [5.74, 6) is -0.741. The first-order valence-electron chi connectivity index (χ1n) is 6.97. The van der Waals surface area contributed by atoms with Crippen molar-refractivity contribution in [2.24, 2.45) is 0 Å². The van der Waals surface area contributed by atoms with Gasteiger partial charge in [-0.2, -0.15) is 0 Å². The Bertz CT molecular complexity index is 251. The lowest BCUT2D eigenvalue weighted by Crippen LogP contribution is -2.53. The number of carboxylic acid groups (broad SMARTS) is 1. The molecule has 18 heavy (non-hydrogen) atoms. The average molecular weight is 257 g/mol. The molecule has 0 aromatic heterocycles. The maximum absolute atomic E-state index is 11.2. The molecular weight excluding hydrogens is 230 g/mol. The highest BCUT2D eigenvalue weighted by Crippen LogP contribution is 2.06. The number of rotatable bonds is 7. The Labute approximate surface area is 110 Å². The van der Waals surface area contributed by atoms with E-state index in [4.69, 9.17) is 0 Å². The van der Waals surface area contributed by atoms with Gasteiger partial charge in [-0.05, 0) is 26.8 Å². The zero-order valence-electron chi connectivity index (χ0n) is 11.9. The number of aliphatic carboxylic acids is 1. The fraction of sp³-hybridized carbons (Fsp3) is 0.923. The van der Waals surface area contributed by atoms with Gasteiger partial charge in [0.1, 0.15) is 6.04 Å². The topological polar surface area (TPSA) is 55.8 Å². The third-order valence-electron chi connectivity index (χ3n) is 3.52. The van der Waals surface area contributed by atoms with E-state index in [1.807, 2.05) is 6.92 Å². The molecule has 1 unspecified atom stereocenters. The van der Waals surface area contributed by atoms with Crippen molar-refractivity contribution in [1.82, 2.24) is 15.1 Å². The predicted octanol–water partition coefficient (Wildman–Crippen LogP) is 0.465. The maximum Gasteiger partial charge on any atom is 0.322 e. The first-order valence-corrected chi connectivity index (χ1v) is 6.97. The van der Waals surface area contributed by atoms with Gasteiger partial charge in [0.05, 0.1) is 0 Å². The highest BCUT2D eigenvalue weighted by molar-refractivity contribution is 5.73. The van der Waals surface area contributed by atoms with Gasteiger partial charge in [-0.3, -0.25) is 14.6 Å². The molecule has 0 aromatic carbocycles. The molecule has 1 rings (SSSR count). The first kappa shape index (κ1) is 15.4. The molecule has 0 spiro atoms. The lowest BCUT2D eigenvalue weighted by atomic mass is 10.2. The van der Waals surface area contributed by atoms with Crippen LogP contribution in [0.25, 0.3) is 0 Å². The second-order valence-electron chi connectivity index (χ2n) is 5.28. The van der Waals surface area contributed by atoms with E-state index in [2.05, 4.69) is 29.0 Å². The smallest absolute Gasteiger partial charge is 0.322 e. The number of hydrogen-bond acceptors (Lipinski definition) is 4. The van der Waals surface area contributed by atoms with E-state index in [1.165, 1.54) is 0 Å². The van der Waals surface area contributed by atoms with Crippen LogP contribution >= 0.6 is 0 Å². The molecule has 1 fully saturated rings. The largest absolute Gasteiger partial charge is 0.480 e. The fourth-order valence-electron chi connectivity index (χ4n) is 2.27. The summed E-state index contributed by atoms with van der Waals surface area (Å²) in [6, 6.07) is 0.149. The monoisotopic (exact) mass is 257 g/mol. The van der Waals surface area contributed by atoms with Crippen LogP contribution in [0.2, 0.25) is 0 Å². The molecule has 5 nitrogen and oxygen atoms in total. The van der Waals surface area contributed by atoms with Gasteiger partial charge in [0.25, 0.3) is 0 Å². The summed E-state index contributed by atoms with van der Waals surface area (Å²) >= 11 is 0. The summed E-state index contributed by atoms with van der Waals surface area (Å²) in [5, 5.41) is 12.3. The van der Waals surface area contributed by atoms with Gasteiger partial charge in [0.2, 0.25) is 0 Å². The number of carbonyl (C=O) groups is 1. The second-order valence-corrected chi connectivity index (χ2v) is 5.28. The van der Waals surface area contributed by atoms with E-state index in [9.17, 15) is 9.90 Å². The summed E-state index contributed by atoms with van der Waals surface area (Å²) in [5.41, 5.74) is 0. The minimum Gasteiger partial charge on any atom is -0.480 e. The highest BCUT2D eigenvalue weighted by atomic mass is 16.4. The van der Waals surface area contributed by atoms with E-state index < -0.39 is 12.0 Å². The Morgan fingerprint density at radius 3 is 2.33 bits per heavy atom. The molecule has 106 valence electrons. The van der Waals surface area contributed by atoms with Crippen LogP contribution in [0.1, 0.15) is 27.2 Å². The summed E-state index contributed by atoms with van der Waals surface area (Å²) in [6.07, 6.45) is 0.963. The molecule has 1 aliphatic heterocycles. The zero-order valence-corrected chi connectivity index (χ0v) is 11.9. The number of piperazine rings is 1. The molecule has 1 saturated heterocycles. The zero-order chi connectivity index (χ0) is 13.5. The van der Waals surface area contributed by atoms with Gasteiger partial charge in [-0.1, -0.05) is 6.92 Å². The van der Waals surface area contributed by atoms with Crippen molar-refractivity contribution in [2.45, 2.75) is 39.3 Å². The van der Waals surface area contributed by atoms with Crippen molar-refractivity contribution in [3.8, 4) is 0 Å². The fourth-order valence-corrected chi connectivity index (χ4v) is 2.27. The Morgan fingerprint density at radius 2 is 1.89 bits per heavy atom. The number of nitrogens with zero attached hydrogens (tertiary/aromatic N) is 2. The van der Waals surface area contributed by atoms with E-state index in [-0.39, 0.29) is 0 Å². The minimum absolute atomic E-state index is 0.435. The first-order chi connectivity index (χ1) is 8.54. The molecule has 5 heteroatoms. The van der Waals surface area contributed by atoms with E-state index in [0.29, 0.717) is 12.6 Å². The Hall–Kier alpha value is -0.650. The van der Waals surface area contributed by atoms with Crippen molar-refractivity contribution >= 4 is 5.97 Å². The molecule has 0 amide bonds. The van der Waals surface area contributed by atoms with Gasteiger partial charge in [-0.15, -0.1) is 0 Å². The SMILES string of the molecule is CCCNC(CN1CCN(C(C)C)CC1)C(=O)O. The van der Waals surface area contributed by atoms with Crippen molar-refractivity contribution in [2.75, 3.05) is 39.3 Å². The summed E-state index contributed by atoms with van der Waals surface area (Å²) in [4.78, 5) is 15.8. The predicted molar refractivity (Wildman–Crippen MR) is 72.9 cm³/mol. The van der Waals surface area contributed by atoms with Crippen molar-refractivity contribution in [3.63, 3.8) is 0 Å². The number of hydrogen-bond donors (Lipinski definition) is 2. The standard InChI is InChI=1S/C13H27N3O2/c1-4-5-14-12(13(17)18)10-15-6-8-16(9-7-15)11(2)3/h11-12,14H,4-10H2,1-3H3,(H,17,18). The third kappa shape index (κ3) is 4.92. The molecule has 0 saturated carbocycles. The molecular formula is C13H27N3O2. The average Bonchev–Trinajstić information content (AvgIpc) is 2.34.